The van der Waals surface area contributed by atoms with E-state index in [0.29, 0.717) is 23.0 Å². The number of aromatic nitrogens is 2. The van der Waals surface area contributed by atoms with Gasteiger partial charge in [0.1, 0.15) is 23.8 Å². The van der Waals surface area contributed by atoms with E-state index in [9.17, 15) is 13.6 Å². The van der Waals surface area contributed by atoms with Gasteiger partial charge in [-0.25, -0.2) is 13.8 Å². The Hall–Kier alpha value is -3.42. The molecule has 1 atom stereocenters. The van der Waals surface area contributed by atoms with E-state index in [0.717, 1.165) is 11.6 Å². The smallest absolute Gasteiger partial charge is 0.226 e. The van der Waals surface area contributed by atoms with Crippen LogP contribution in [0.2, 0.25) is 0 Å². The van der Waals surface area contributed by atoms with Crippen molar-refractivity contribution in [3.63, 3.8) is 0 Å². The van der Waals surface area contributed by atoms with Gasteiger partial charge in [-0.2, -0.15) is 0 Å². The molecule has 0 bridgehead atoms. The molecule has 4 rings (SSSR count). The van der Waals surface area contributed by atoms with Crippen LogP contribution in [0.1, 0.15) is 23.6 Å². The molecular weight excluding hydrogens is 368 g/mol. The Bertz CT molecular complexity index is 1040. The summed E-state index contributed by atoms with van der Waals surface area (Å²) in [5.74, 6) is -0.464. The normalized spacial score (nSPS) is 15.7. The lowest BCUT2D eigenvalue weighted by atomic mass is 9.89. The molecular formula is C20H17F2N3O3. The van der Waals surface area contributed by atoms with Crippen LogP contribution in [0.15, 0.2) is 42.7 Å². The first-order valence-corrected chi connectivity index (χ1v) is 8.55. The number of halogens is 2. The van der Waals surface area contributed by atoms with Crippen molar-refractivity contribution in [3.05, 3.63) is 65.6 Å². The number of nitrogens with zero attached hydrogens (tertiary/aromatic N) is 2. The first kappa shape index (κ1) is 18.0. The van der Waals surface area contributed by atoms with Crippen molar-refractivity contribution in [3.8, 4) is 17.2 Å². The number of amides is 1. The van der Waals surface area contributed by atoms with Crippen molar-refractivity contribution in [1.29, 1.82) is 0 Å². The third-order valence-electron chi connectivity index (χ3n) is 4.71. The lowest BCUT2D eigenvalue weighted by Gasteiger charge is -2.24. The number of ether oxygens (including phenoxy) is 2. The SMILES string of the molecule is COc1ccc([C@@H]2CC(=O)Nc3c2ncn3-c2cc(F)cc(F)c2)cc1OC. The molecule has 3 aromatic rings. The number of rotatable bonds is 4. The van der Waals surface area contributed by atoms with Crippen LogP contribution in [0.4, 0.5) is 14.6 Å². The van der Waals surface area contributed by atoms with Gasteiger partial charge in [-0.3, -0.25) is 9.36 Å². The molecule has 1 amide bonds. The molecule has 8 heteroatoms. The fraction of sp³-hybridized carbons (Fsp3) is 0.200. The largest absolute Gasteiger partial charge is 0.493 e. The number of fused-ring (bicyclic) bond motifs is 1. The van der Waals surface area contributed by atoms with Crippen molar-refractivity contribution in [2.24, 2.45) is 0 Å². The average Bonchev–Trinajstić information content (AvgIpc) is 3.09. The zero-order valence-electron chi connectivity index (χ0n) is 15.2. The lowest BCUT2D eigenvalue weighted by molar-refractivity contribution is -0.116. The zero-order chi connectivity index (χ0) is 19.8. The van der Waals surface area contributed by atoms with E-state index in [1.807, 2.05) is 6.07 Å². The van der Waals surface area contributed by atoms with Gasteiger partial charge in [-0.1, -0.05) is 6.07 Å². The molecule has 0 aliphatic carbocycles. The van der Waals surface area contributed by atoms with Crippen LogP contribution in [0.3, 0.4) is 0 Å². The number of anilines is 1. The van der Waals surface area contributed by atoms with Gasteiger partial charge in [0.05, 0.1) is 25.6 Å². The molecule has 2 aromatic carbocycles. The zero-order valence-corrected chi connectivity index (χ0v) is 15.2. The molecule has 1 aromatic heterocycles. The molecule has 6 nitrogen and oxygen atoms in total. The summed E-state index contributed by atoms with van der Waals surface area (Å²) in [6, 6.07) is 8.55. The number of nitrogens with one attached hydrogen (secondary N) is 1. The number of imidazole rings is 1. The van der Waals surface area contributed by atoms with Gasteiger partial charge in [0.25, 0.3) is 0 Å². The fourth-order valence-corrected chi connectivity index (χ4v) is 3.43. The summed E-state index contributed by atoms with van der Waals surface area (Å²) in [6.45, 7) is 0. The van der Waals surface area contributed by atoms with Gasteiger partial charge in [-0.15, -0.1) is 0 Å². The summed E-state index contributed by atoms with van der Waals surface area (Å²) in [5.41, 5.74) is 1.67. The van der Waals surface area contributed by atoms with E-state index >= 15 is 0 Å². The van der Waals surface area contributed by atoms with Crippen molar-refractivity contribution in [2.45, 2.75) is 12.3 Å². The Labute approximate surface area is 159 Å². The Morgan fingerprint density at radius 3 is 2.46 bits per heavy atom. The summed E-state index contributed by atoms with van der Waals surface area (Å²) in [7, 11) is 3.08. The summed E-state index contributed by atoms with van der Waals surface area (Å²) in [5, 5.41) is 2.76. The van der Waals surface area contributed by atoms with Gasteiger partial charge < -0.3 is 14.8 Å². The fourth-order valence-electron chi connectivity index (χ4n) is 3.43. The second-order valence-electron chi connectivity index (χ2n) is 6.40. The molecule has 0 radical (unpaired) electrons. The van der Waals surface area contributed by atoms with E-state index in [2.05, 4.69) is 10.3 Å². The van der Waals surface area contributed by atoms with Gasteiger partial charge in [-0.05, 0) is 29.8 Å². The van der Waals surface area contributed by atoms with Crippen LogP contribution in [0.5, 0.6) is 11.5 Å². The number of hydrogen-bond donors (Lipinski definition) is 1. The third kappa shape index (κ3) is 3.06. The Morgan fingerprint density at radius 1 is 1.07 bits per heavy atom. The Balaban J connectivity index is 1.81. The third-order valence-corrected chi connectivity index (χ3v) is 4.71. The van der Waals surface area contributed by atoms with Crippen LogP contribution in [0, 0.1) is 11.6 Å². The van der Waals surface area contributed by atoms with Crippen molar-refractivity contribution in [2.75, 3.05) is 19.5 Å². The summed E-state index contributed by atoms with van der Waals surface area (Å²) >= 11 is 0. The highest BCUT2D eigenvalue weighted by molar-refractivity contribution is 5.94. The van der Waals surface area contributed by atoms with Crippen LogP contribution in [0.25, 0.3) is 5.69 Å². The van der Waals surface area contributed by atoms with E-state index in [-0.39, 0.29) is 23.9 Å². The van der Waals surface area contributed by atoms with Crippen LogP contribution >= 0.6 is 0 Å². The van der Waals surface area contributed by atoms with Crippen LogP contribution < -0.4 is 14.8 Å². The number of methoxy groups -OCH3 is 2. The molecule has 0 spiro atoms. The molecule has 1 N–H and O–H groups in total. The monoisotopic (exact) mass is 385 g/mol. The number of carbonyl (C=O) groups is 1. The predicted molar refractivity (Wildman–Crippen MR) is 98.1 cm³/mol. The topological polar surface area (TPSA) is 65.4 Å². The Kier molecular flexibility index (Phi) is 4.46. The Morgan fingerprint density at radius 2 is 1.79 bits per heavy atom. The molecule has 0 saturated carbocycles. The highest BCUT2D eigenvalue weighted by Crippen LogP contribution is 2.40. The first-order valence-electron chi connectivity index (χ1n) is 8.55. The number of carbonyl (C=O) groups excluding carboxylic acids is 1. The van der Waals surface area contributed by atoms with Gasteiger partial charge in [0.2, 0.25) is 5.91 Å². The van der Waals surface area contributed by atoms with Crippen LogP contribution in [-0.2, 0) is 4.79 Å². The predicted octanol–water partition coefficient (Wildman–Crippen LogP) is 3.64. The summed E-state index contributed by atoms with van der Waals surface area (Å²) < 4.78 is 39.3. The van der Waals surface area contributed by atoms with E-state index in [1.54, 1.807) is 19.2 Å². The molecule has 0 unspecified atom stereocenters. The number of benzene rings is 2. The minimum absolute atomic E-state index is 0.191. The summed E-state index contributed by atoms with van der Waals surface area (Å²) in [6.07, 6.45) is 1.63. The van der Waals surface area contributed by atoms with E-state index in [4.69, 9.17) is 9.47 Å². The lowest BCUT2D eigenvalue weighted by Crippen LogP contribution is -2.25. The maximum absolute atomic E-state index is 13.6. The van der Waals surface area contributed by atoms with Gasteiger partial charge in [0, 0.05) is 18.4 Å². The molecule has 144 valence electrons. The van der Waals surface area contributed by atoms with Crippen molar-refractivity contribution < 1.29 is 23.0 Å². The van der Waals surface area contributed by atoms with E-state index < -0.39 is 11.6 Å². The molecule has 28 heavy (non-hydrogen) atoms. The molecule has 2 heterocycles. The second kappa shape index (κ2) is 6.95. The first-order chi connectivity index (χ1) is 13.5. The quantitative estimate of drug-likeness (QED) is 0.745. The maximum atomic E-state index is 13.6. The average molecular weight is 385 g/mol. The molecule has 1 aliphatic heterocycles. The van der Waals surface area contributed by atoms with Crippen LogP contribution in [-0.4, -0.2) is 29.7 Å². The molecule has 1 aliphatic rings. The maximum Gasteiger partial charge on any atom is 0.226 e. The van der Waals surface area contributed by atoms with Crippen molar-refractivity contribution >= 4 is 11.7 Å². The minimum Gasteiger partial charge on any atom is -0.493 e. The number of hydrogen-bond acceptors (Lipinski definition) is 4. The molecule has 0 saturated heterocycles. The van der Waals surface area contributed by atoms with Crippen molar-refractivity contribution in [1.82, 2.24) is 9.55 Å². The highest BCUT2D eigenvalue weighted by atomic mass is 19.1. The summed E-state index contributed by atoms with van der Waals surface area (Å²) in [4.78, 5) is 16.8. The second-order valence-corrected chi connectivity index (χ2v) is 6.40. The minimum atomic E-state index is -0.712. The van der Waals surface area contributed by atoms with Gasteiger partial charge in [0.15, 0.2) is 11.5 Å². The van der Waals surface area contributed by atoms with Gasteiger partial charge >= 0.3 is 0 Å². The molecule has 0 fully saturated rings. The standard InChI is InChI=1S/C20H17F2N3O3/c1-27-16-4-3-11(5-17(16)28-2)15-9-18(26)24-20-19(15)23-10-25(20)14-7-12(21)6-13(22)8-14/h3-8,10,15H,9H2,1-2H3,(H,24,26)/t15-/m0/s1. The highest BCUT2D eigenvalue weighted by Gasteiger charge is 2.31. The van der Waals surface area contributed by atoms with E-state index in [1.165, 1.54) is 30.1 Å².